The molecule has 0 aromatic heterocycles. The Morgan fingerprint density at radius 2 is 2.08 bits per heavy atom. The number of hydrogen-bond donors (Lipinski definition) is 1. The van der Waals surface area contributed by atoms with Gasteiger partial charge in [-0.05, 0) is 20.8 Å². The van der Waals surface area contributed by atoms with Gasteiger partial charge in [0.25, 0.3) is 0 Å². The molecular formula is C8H17NO3. The maximum absolute atomic E-state index is 11.1. The molecule has 0 aromatic carbocycles. The van der Waals surface area contributed by atoms with Crippen molar-refractivity contribution in [2.45, 2.75) is 32.8 Å². The van der Waals surface area contributed by atoms with Gasteiger partial charge in [-0.2, -0.15) is 0 Å². The number of ether oxygens (including phenoxy) is 1. The predicted molar refractivity (Wildman–Crippen MR) is 45.5 cm³/mol. The quantitative estimate of drug-likeness (QED) is 0.631. The van der Waals surface area contributed by atoms with E-state index in [2.05, 4.69) is 5.48 Å². The Hall–Kier alpha value is -0.610. The first-order chi connectivity index (χ1) is 5.52. The molecule has 0 atom stereocenters. The summed E-state index contributed by atoms with van der Waals surface area (Å²) in [6.07, 6.45) is 0.295. The van der Waals surface area contributed by atoms with Crippen LogP contribution in [0.15, 0.2) is 0 Å². The first-order valence-corrected chi connectivity index (χ1v) is 3.97. The van der Waals surface area contributed by atoms with Gasteiger partial charge in [0.15, 0.2) is 0 Å². The molecule has 0 saturated carbocycles. The van der Waals surface area contributed by atoms with Crippen molar-refractivity contribution in [3.63, 3.8) is 0 Å². The maximum Gasteiger partial charge on any atom is 0.246 e. The third-order valence-electron chi connectivity index (χ3n) is 1.47. The van der Waals surface area contributed by atoms with Crippen LogP contribution in [0.2, 0.25) is 0 Å². The van der Waals surface area contributed by atoms with Gasteiger partial charge in [0, 0.05) is 7.11 Å². The highest BCUT2D eigenvalue weighted by Gasteiger charge is 2.20. The van der Waals surface area contributed by atoms with Crippen LogP contribution < -0.4 is 5.48 Å². The SMILES string of the molecule is CCONC(=O)CC(C)(C)OC. The van der Waals surface area contributed by atoms with Crippen LogP contribution in [0.1, 0.15) is 27.2 Å². The predicted octanol–water partition coefficient (Wildman–Crippen LogP) is 0.869. The Morgan fingerprint density at radius 3 is 2.50 bits per heavy atom. The first kappa shape index (κ1) is 11.4. The Balaban J connectivity index is 3.68. The second kappa shape index (κ2) is 5.11. The summed E-state index contributed by atoms with van der Waals surface area (Å²) in [6, 6.07) is 0. The summed E-state index contributed by atoms with van der Waals surface area (Å²) < 4.78 is 5.07. The highest BCUT2D eigenvalue weighted by molar-refractivity contribution is 5.75. The van der Waals surface area contributed by atoms with Crippen molar-refractivity contribution in [3.05, 3.63) is 0 Å². The van der Waals surface area contributed by atoms with Gasteiger partial charge in [0.2, 0.25) is 5.91 Å². The van der Waals surface area contributed by atoms with Gasteiger partial charge in [-0.25, -0.2) is 5.48 Å². The van der Waals surface area contributed by atoms with E-state index in [4.69, 9.17) is 9.57 Å². The van der Waals surface area contributed by atoms with Crippen molar-refractivity contribution in [3.8, 4) is 0 Å². The Bertz CT molecular complexity index is 145. The average molecular weight is 175 g/mol. The standard InChI is InChI=1S/C8H17NO3/c1-5-12-9-7(10)6-8(2,3)11-4/h5-6H2,1-4H3,(H,9,10). The number of hydroxylamine groups is 1. The molecule has 0 rings (SSSR count). The molecule has 0 saturated heterocycles. The van der Waals surface area contributed by atoms with Crippen LogP contribution >= 0.6 is 0 Å². The third kappa shape index (κ3) is 5.09. The van der Waals surface area contributed by atoms with E-state index < -0.39 is 5.60 Å². The molecular weight excluding hydrogens is 158 g/mol. The number of carbonyl (C=O) groups excluding carboxylic acids is 1. The minimum Gasteiger partial charge on any atom is -0.378 e. The number of methoxy groups -OCH3 is 1. The molecule has 0 aliphatic rings. The number of nitrogens with one attached hydrogen (secondary N) is 1. The van der Waals surface area contributed by atoms with E-state index in [-0.39, 0.29) is 5.91 Å². The summed E-state index contributed by atoms with van der Waals surface area (Å²) in [4.78, 5) is 15.8. The average Bonchev–Trinajstić information content (AvgIpc) is 2.00. The lowest BCUT2D eigenvalue weighted by molar-refractivity contribution is -0.138. The van der Waals surface area contributed by atoms with Crippen LogP contribution in [-0.2, 0) is 14.4 Å². The third-order valence-corrected chi connectivity index (χ3v) is 1.47. The second-order valence-electron chi connectivity index (χ2n) is 3.10. The molecule has 4 heteroatoms. The lowest BCUT2D eigenvalue weighted by atomic mass is 10.1. The molecule has 4 nitrogen and oxygen atoms in total. The van der Waals surface area contributed by atoms with Crippen LogP contribution in [0, 0.1) is 0 Å². The zero-order chi connectivity index (χ0) is 9.61. The maximum atomic E-state index is 11.1. The van der Waals surface area contributed by atoms with Crippen molar-refractivity contribution < 1.29 is 14.4 Å². The van der Waals surface area contributed by atoms with Gasteiger partial charge < -0.3 is 4.74 Å². The lowest BCUT2D eigenvalue weighted by Gasteiger charge is -2.21. The number of carbonyl (C=O) groups is 1. The molecule has 0 aliphatic carbocycles. The number of amides is 1. The summed E-state index contributed by atoms with van der Waals surface area (Å²) in [5.74, 6) is -0.163. The van der Waals surface area contributed by atoms with Gasteiger partial charge in [-0.3, -0.25) is 9.63 Å². The Labute approximate surface area is 73.2 Å². The zero-order valence-corrected chi connectivity index (χ0v) is 8.14. The second-order valence-corrected chi connectivity index (χ2v) is 3.10. The van der Waals surface area contributed by atoms with Crippen LogP contribution in [0.25, 0.3) is 0 Å². The molecule has 0 spiro atoms. The van der Waals surface area contributed by atoms with E-state index in [0.29, 0.717) is 13.0 Å². The van der Waals surface area contributed by atoms with Crippen LogP contribution in [0.3, 0.4) is 0 Å². The molecule has 0 unspecified atom stereocenters. The molecule has 0 radical (unpaired) electrons. The highest BCUT2D eigenvalue weighted by atomic mass is 16.6. The minimum absolute atomic E-state index is 0.163. The molecule has 0 aliphatic heterocycles. The van der Waals surface area contributed by atoms with Gasteiger partial charge >= 0.3 is 0 Å². The van der Waals surface area contributed by atoms with E-state index in [0.717, 1.165) is 0 Å². The molecule has 0 bridgehead atoms. The minimum atomic E-state index is -0.429. The molecule has 1 amide bonds. The molecule has 0 aromatic rings. The fourth-order valence-electron chi connectivity index (χ4n) is 0.648. The summed E-state index contributed by atoms with van der Waals surface area (Å²) in [5, 5.41) is 0. The Kier molecular flexibility index (Phi) is 4.85. The van der Waals surface area contributed by atoms with Crippen LogP contribution in [-0.4, -0.2) is 25.2 Å². The molecule has 12 heavy (non-hydrogen) atoms. The van der Waals surface area contributed by atoms with Gasteiger partial charge in [0.1, 0.15) is 0 Å². The number of hydrogen-bond acceptors (Lipinski definition) is 3. The highest BCUT2D eigenvalue weighted by Crippen LogP contribution is 2.11. The van der Waals surface area contributed by atoms with Crippen molar-refractivity contribution in [2.75, 3.05) is 13.7 Å². The van der Waals surface area contributed by atoms with Crippen molar-refractivity contribution in [1.29, 1.82) is 0 Å². The van der Waals surface area contributed by atoms with Crippen LogP contribution in [0.5, 0.6) is 0 Å². The van der Waals surface area contributed by atoms with E-state index in [1.165, 1.54) is 0 Å². The van der Waals surface area contributed by atoms with E-state index >= 15 is 0 Å². The molecule has 72 valence electrons. The number of rotatable bonds is 5. The van der Waals surface area contributed by atoms with Gasteiger partial charge in [-0.1, -0.05) is 0 Å². The van der Waals surface area contributed by atoms with Crippen molar-refractivity contribution in [1.82, 2.24) is 5.48 Å². The first-order valence-electron chi connectivity index (χ1n) is 3.97. The summed E-state index contributed by atoms with van der Waals surface area (Å²) >= 11 is 0. The Morgan fingerprint density at radius 1 is 1.50 bits per heavy atom. The van der Waals surface area contributed by atoms with Crippen molar-refractivity contribution in [2.24, 2.45) is 0 Å². The normalized spacial score (nSPS) is 11.3. The zero-order valence-electron chi connectivity index (χ0n) is 8.14. The van der Waals surface area contributed by atoms with Crippen molar-refractivity contribution >= 4 is 5.91 Å². The van der Waals surface area contributed by atoms with E-state index in [9.17, 15) is 4.79 Å². The lowest BCUT2D eigenvalue weighted by Crippen LogP contribution is -2.33. The molecule has 0 heterocycles. The van der Waals surface area contributed by atoms with E-state index in [1.54, 1.807) is 7.11 Å². The largest absolute Gasteiger partial charge is 0.378 e. The van der Waals surface area contributed by atoms with E-state index in [1.807, 2.05) is 20.8 Å². The fraction of sp³-hybridized carbons (Fsp3) is 0.875. The smallest absolute Gasteiger partial charge is 0.246 e. The summed E-state index contributed by atoms with van der Waals surface area (Å²) in [7, 11) is 1.58. The topological polar surface area (TPSA) is 47.6 Å². The monoisotopic (exact) mass is 175 g/mol. The molecule has 1 N–H and O–H groups in total. The van der Waals surface area contributed by atoms with Crippen LogP contribution in [0.4, 0.5) is 0 Å². The van der Waals surface area contributed by atoms with Gasteiger partial charge in [-0.15, -0.1) is 0 Å². The summed E-state index contributed by atoms with van der Waals surface area (Å²) in [6.45, 7) is 5.97. The fourth-order valence-corrected chi connectivity index (χ4v) is 0.648. The summed E-state index contributed by atoms with van der Waals surface area (Å²) in [5.41, 5.74) is 1.87. The molecule has 0 fully saturated rings. The van der Waals surface area contributed by atoms with Gasteiger partial charge in [0.05, 0.1) is 18.6 Å².